The molecule has 0 saturated heterocycles. The van der Waals surface area contributed by atoms with E-state index < -0.39 is 0 Å². The van der Waals surface area contributed by atoms with Crippen LogP contribution in [-0.4, -0.2) is 16.6 Å². The van der Waals surface area contributed by atoms with Crippen molar-refractivity contribution in [3.05, 3.63) is 54.2 Å². The molecule has 1 amide bonds. The number of anilines is 1. The number of carbonyl (C=O) groups excluding carboxylic acids is 1. The Balaban J connectivity index is 1.20. The van der Waals surface area contributed by atoms with Gasteiger partial charge in [-0.1, -0.05) is 43.9 Å². The number of benzene rings is 2. The molecule has 0 radical (unpaired) electrons. The highest BCUT2D eigenvalue weighted by Crippen LogP contribution is 2.38. The minimum absolute atomic E-state index is 0.119. The number of hydrogen-bond donors (Lipinski definition) is 1. The van der Waals surface area contributed by atoms with Gasteiger partial charge in [-0.25, -0.2) is 4.98 Å². The Hall–Kier alpha value is -3.21. The first kappa shape index (κ1) is 20.4. The lowest BCUT2D eigenvalue weighted by atomic mass is 9.97. The van der Waals surface area contributed by atoms with Gasteiger partial charge in [-0.3, -0.25) is 9.79 Å². The smallest absolute Gasteiger partial charge is 0.227 e. The van der Waals surface area contributed by atoms with Gasteiger partial charge in [0.25, 0.3) is 0 Å². The summed E-state index contributed by atoms with van der Waals surface area (Å²) >= 11 is 0. The van der Waals surface area contributed by atoms with E-state index in [4.69, 9.17) is 9.41 Å². The van der Waals surface area contributed by atoms with Crippen LogP contribution in [0.5, 0.6) is 0 Å². The second kappa shape index (κ2) is 8.62. The maximum Gasteiger partial charge on any atom is 0.227 e. The highest BCUT2D eigenvalue weighted by Gasteiger charge is 2.26. The fourth-order valence-corrected chi connectivity index (χ4v) is 5.56. The van der Waals surface area contributed by atoms with Gasteiger partial charge in [-0.05, 0) is 61.4 Å². The van der Waals surface area contributed by atoms with Crippen LogP contribution in [0.25, 0.3) is 22.8 Å². The van der Waals surface area contributed by atoms with Gasteiger partial charge in [-0.15, -0.1) is 0 Å². The van der Waals surface area contributed by atoms with Crippen LogP contribution in [0.15, 0.2) is 58.1 Å². The van der Waals surface area contributed by atoms with E-state index in [1.54, 1.807) is 6.20 Å². The van der Waals surface area contributed by atoms with Gasteiger partial charge in [0, 0.05) is 34.9 Å². The second-order valence-corrected chi connectivity index (χ2v) is 9.69. The number of amides is 1. The third kappa shape index (κ3) is 4.12. The molecule has 2 fully saturated rings. The van der Waals surface area contributed by atoms with Crippen LogP contribution in [-0.2, 0) is 11.2 Å². The first-order valence-electron chi connectivity index (χ1n) is 12.3. The molecule has 3 aliphatic rings. The summed E-state index contributed by atoms with van der Waals surface area (Å²) in [6, 6.07) is 14.1. The molecule has 33 heavy (non-hydrogen) atoms. The van der Waals surface area contributed by atoms with Crippen molar-refractivity contribution in [1.29, 1.82) is 0 Å². The largest absolute Gasteiger partial charge is 0.436 e. The van der Waals surface area contributed by atoms with Gasteiger partial charge in [0.2, 0.25) is 11.8 Å². The van der Waals surface area contributed by atoms with Gasteiger partial charge in [0.05, 0.1) is 11.9 Å². The summed E-state index contributed by atoms with van der Waals surface area (Å²) in [7, 11) is 0. The molecule has 6 rings (SSSR count). The number of nitrogens with one attached hydrogen (secondary N) is 1. The van der Waals surface area contributed by atoms with Crippen molar-refractivity contribution in [1.82, 2.24) is 4.98 Å². The maximum atomic E-state index is 12.5. The van der Waals surface area contributed by atoms with Crippen molar-refractivity contribution in [3.63, 3.8) is 0 Å². The minimum Gasteiger partial charge on any atom is -0.436 e. The predicted octanol–water partition coefficient (Wildman–Crippen LogP) is 6.96. The number of fused-ring (bicyclic) bond motifs is 1. The number of aromatic nitrogens is 1. The number of oxazole rings is 1. The molecule has 2 aliphatic carbocycles. The summed E-state index contributed by atoms with van der Waals surface area (Å²) < 4.78 is 6.13. The molecule has 168 valence electrons. The Labute approximate surface area is 194 Å². The first-order chi connectivity index (χ1) is 16.2. The van der Waals surface area contributed by atoms with E-state index in [-0.39, 0.29) is 11.8 Å². The van der Waals surface area contributed by atoms with Crippen LogP contribution in [0.2, 0.25) is 0 Å². The molecule has 0 unspecified atom stereocenters. The van der Waals surface area contributed by atoms with Crippen LogP contribution < -0.4 is 5.32 Å². The van der Waals surface area contributed by atoms with E-state index in [0.717, 1.165) is 60.4 Å². The molecule has 0 spiro atoms. The molecular formula is C28H29N3O2. The average molecular weight is 440 g/mol. The molecule has 0 atom stereocenters. The van der Waals surface area contributed by atoms with Crippen molar-refractivity contribution in [2.75, 3.05) is 5.32 Å². The standard InChI is InChI=1S/C28H29N3O2/c32-27(19-8-3-4-9-19)30-23-11-5-10-22(14-23)28-29-17-26(33-28)21-13-12-20-15-24(31-25(20)16-21)18-6-1-2-7-18/h5,10-14,16-19H,1-4,6-9,15H2,(H,30,32). The van der Waals surface area contributed by atoms with Gasteiger partial charge in [0.1, 0.15) is 0 Å². The van der Waals surface area contributed by atoms with Gasteiger partial charge >= 0.3 is 0 Å². The molecule has 2 aromatic carbocycles. The third-order valence-corrected chi connectivity index (χ3v) is 7.44. The number of carbonyl (C=O) groups is 1. The Morgan fingerprint density at radius 2 is 1.76 bits per heavy atom. The summed E-state index contributed by atoms with van der Waals surface area (Å²) in [4.78, 5) is 22.0. The molecule has 0 bridgehead atoms. The quantitative estimate of drug-likeness (QED) is 0.467. The summed E-state index contributed by atoms with van der Waals surface area (Å²) in [5.74, 6) is 2.21. The van der Waals surface area contributed by atoms with Crippen LogP contribution in [0.4, 0.5) is 11.4 Å². The van der Waals surface area contributed by atoms with Gasteiger partial charge in [-0.2, -0.15) is 0 Å². The Kier molecular flexibility index (Phi) is 5.33. The zero-order valence-corrected chi connectivity index (χ0v) is 18.8. The normalized spacial score (nSPS) is 18.5. The van der Waals surface area contributed by atoms with Crippen molar-refractivity contribution in [3.8, 4) is 22.8 Å². The molecule has 3 aromatic rings. The number of nitrogens with zero attached hydrogens (tertiary/aromatic N) is 2. The number of rotatable bonds is 5. The monoisotopic (exact) mass is 439 g/mol. The summed E-state index contributed by atoms with van der Waals surface area (Å²) in [6.07, 6.45) is 12.3. The molecule has 5 nitrogen and oxygen atoms in total. The van der Waals surface area contributed by atoms with Crippen molar-refractivity contribution < 1.29 is 9.21 Å². The SMILES string of the molecule is O=C(Nc1cccc(-c2ncc(-c3ccc4c(c3)N=C(C3CCCC3)C4)o2)c1)C1CCCC1. The van der Waals surface area contributed by atoms with E-state index >= 15 is 0 Å². The predicted molar refractivity (Wildman–Crippen MR) is 131 cm³/mol. The summed E-state index contributed by atoms with van der Waals surface area (Å²) in [5.41, 5.74) is 6.38. The Morgan fingerprint density at radius 3 is 2.61 bits per heavy atom. The minimum atomic E-state index is 0.119. The zero-order chi connectivity index (χ0) is 22.2. The highest BCUT2D eigenvalue weighted by atomic mass is 16.4. The van der Waals surface area contributed by atoms with Crippen LogP contribution in [0.3, 0.4) is 0 Å². The number of hydrogen-bond acceptors (Lipinski definition) is 4. The van der Waals surface area contributed by atoms with Crippen LogP contribution in [0, 0.1) is 11.8 Å². The molecule has 1 aliphatic heterocycles. The molecule has 2 heterocycles. The average Bonchev–Trinajstić information content (AvgIpc) is 3.64. The molecule has 5 heteroatoms. The fraction of sp³-hybridized carbons (Fsp3) is 0.393. The molecule has 2 saturated carbocycles. The van der Waals surface area contributed by atoms with Crippen LogP contribution >= 0.6 is 0 Å². The number of aliphatic imine (C=N–C) groups is 1. The molecular weight excluding hydrogens is 410 g/mol. The zero-order valence-electron chi connectivity index (χ0n) is 18.8. The van der Waals surface area contributed by atoms with E-state index in [1.807, 2.05) is 24.3 Å². The van der Waals surface area contributed by atoms with Crippen molar-refractivity contribution in [2.45, 2.75) is 57.8 Å². The second-order valence-electron chi connectivity index (χ2n) is 9.69. The van der Waals surface area contributed by atoms with Crippen molar-refractivity contribution >= 4 is 23.0 Å². The fourth-order valence-electron chi connectivity index (χ4n) is 5.56. The van der Waals surface area contributed by atoms with E-state index in [0.29, 0.717) is 11.8 Å². The topological polar surface area (TPSA) is 67.5 Å². The van der Waals surface area contributed by atoms with Gasteiger partial charge in [0.15, 0.2) is 5.76 Å². The maximum absolute atomic E-state index is 12.5. The van der Waals surface area contributed by atoms with E-state index in [9.17, 15) is 4.79 Å². The summed E-state index contributed by atoms with van der Waals surface area (Å²) in [5, 5.41) is 3.06. The summed E-state index contributed by atoms with van der Waals surface area (Å²) in [6.45, 7) is 0. The molecule has 1 aromatic heterocycles. The molecule has 1 N–H and O–H groups in total. The van der Waals surface area contributed by atoms with Crippen LogP contribution in [0.1, 0.15) is 56.9 Å². The lowest BCUT2D eigenvalue weighted by molar-refractivity contribution is -0.119. The Morgan fingerprint density at radius 1 is 0.939 bits per heavy atom. The van der Waals surface area contributed by atoms with E-state index in [1.165, 1.54) is 37.0 Å². The van der Waals surface area contributed by atoms with Crippen molar-refractivity contribution in [2.24, 2.45) is 16.8 Å². The highest BCUT2D eigenvalue weighted by molar-refractivity contribution is 5.96. The lowest BCUT2D eigenvalue weighted by Gasteiger charge is -2.10. The third-order valence-electron chi connectivity index (χ3n) is 7.44. The van der Waals surface area contributed by atoms with E-state index in [2.05, 4.69) is 28.5 Å². The first-order valence-corrected chi connectivity index (χ1v) is 12.3. The van der Waals surface area contributed by atoms with Gasteiger partial charge < -0.3 is 9.73 Å². The Bertz CT molecular complexity index is 1210. The lowest BCUT2D eigenvalue weighted by Crippen LogP contribution is -2.20.